The zero-order chi connectivity index (χ0) is 10.9. The molecule has 0 amide bonds. The molecule has 2 heterocycles. The molecule has 0 aromatic carbocycles. The van der Waals surface area contributed by atoms with E-state index in [0.29, 0.717) is 12.6 Å². The molecule has 2 N–H and O–H groups in total. The summed E-state index contributed by atoms with van der Waals surface area (Å²) in [7, 11) is 1.42. The fourth-order valence-corrected chi connectivity index (χ4v) is 2.87. The van der Waals surface area contributed by atoms with E-state index in [1.165, 1.54) is 32.8 Å². The van der Waals surface area contributed by atoms with Gasteiger partial charge in [-0.25, -0.2) is 0 Å². The van der Waals surface area contributed by atoms with E-state index < -0.39 is 5.54 Å². The molecular weight excluding hydrogens is 192 g/mol. The van der Waals surface area contributed by atoms with Crippen LogP contribution in [0.1, 0.15) is 32.1 Å². The second-order valence-corrected chi connectivity index (χ2v) is 4.83. The van der Waals surface area contributed by atoms with Gasteiger partial charge < -0.3 is 10.5 Å². The van der Waals surface area contributed by atoms with Crippen molar-refractivity contribution >= 4 is 5.97 Å². The van der Waals surface area contributed by atoms with Crippen LogP contribution < -0.4 is 5.73 Å². The first kappa shape index (κ1) is 10.9. The van der Waals surface area contributed by atoms with Gasteiger partial charge >= 0.3 is 5.97 Å². The van der Waals surface area contributed by atoms with Gasteiger partial charge in [0.15, 0.2) is 0 Å². The van der Waals surface area contributed by atoms with Crippen molar-refractivity contribution in [2.45, 2.75) is 43.7 Å². The molecule has 2 atom stereocenters. The van der Waals surface area contributed by atoms with Crippen molar-refractivity contribution in [3.63, 3.8) is 0 Å². The number of nitrogens with two attached hydrogens (primary N) is 1. The quantitative estimate of drug-likeness (QED) is 0.643. The number of nitrogens with zero attached hydrogens (tertiary/aromatic N) is 1. The Bertz CT molecular complexity index is 241. The van der Waals surface area contributed by atoms with Gasteiger partial charge in [-0.3, -0.25) is 9.69 Å². The van der Waals surface area contributed by atoms with E-state index in [-0.39, 0.29) is 5.97 Å². The molecule has 0 radical (unpaired) electrons. The standard InChI is InChI=1S/C11H20N2O2/c1-15-10(14)11(12)7-9-5-3-2-4-6-13(9)8-11/h9H,2-8,12H2,1H3. The second kappa shape index (κ2) is 4.10. The summed E-state index contributed by atoms with van der Waals surface area (Å²) in [5.74, 6) is -0.254. The van der Waals surface area contributed by atoms with Crippen LogP contribution in [-0.2, 0) is 9.53 Å². The Labute approximate surface area is 90.8 Å². The van der Waals surface area contributed by atoms with Gasteiger partial charge in [0, 0.05) is 12.6 Å². The van der Waals surface area contributed by atoms with E-state index in [4.69, 9.17) is 10.5 Å². The number of ether oxygens (including phenoxy) is 1. The lowest BCUT2D eigenvalue weighted by atomic mass is 9.95. The van der Waals surface area contributed by atoms with E-state index in [2.05, 4.69) is 4.90 Å². The maximum Gasteiger partial charge on any atom is 0.327 e. The van der Waals surface area contributed by atoms with Crippen LogP contribution >= 0.6 is 0 Å². The summed E-state index contributed by atoms with van der Waals surface area (Å²) in [6.07, 6.45) is 5.74. The minimum atomic E-state index is -0.753. The van der Waals surface area contributed by atoms with E-state index >= 15 is 0 Å². The number of rotatable bonds is 1. The minimum absolute atomic E-state index is 0.254. The lowest BCUT2D eigenvalue weighted by molar-refractivity contribution is -0.146. The summed E-state index contributed by atoms with van der Waals surface area (Å²) >= 11 is 0. The Hall–Kier alpha value is -0.610. The molecule has 15 heavy (non-hydrogen) atoms. The molecule has 0 aromatic heterocycles. The lowest BCUT2D eigenvalue weighted by Crippen LogP contribution is -2.50. The van der Waals surface area contributed by atoms with Crippen molar-refractivity contribution in [1.82, 2.24) is 4.90 Å². The van der Waals surface area contributed by atoms with Gasteiger partial charge in [-0.05, 0) is 25.8 Å². The van der Waals surface area contributed by atoms with Gasteiger partial charge in [-0.1, -0.05) is 12.8 Å². The Morgan fingerprint density at radius 3 is 3.00 bits per heavy atom. The maximum absolute atomic E-state index is 11.6. The normalized spacial score (nSPS) is 37.1. The zero-order valence-corrected chi connectivity index (χ0v) is 9.37. The van der Waals surface area contributed by atoms with Crippen LogP contribution in [0.15, 0.2) is 0 Å². The topological polar surface area (TPSA) is 55.6 Å². The monoisotopic (exact) mass is 212 g/mol. The summed E-state index contributed by atoms with van der Waals surface area (Å²) < 4.78 is 4.78. The Morgan fingerprint density at radius 1 is 1.47 bits per heavy atom. The summed E-state index contributed by atoms with van der Waals surface area (Å²) in [6.45, 7) is 1.75. The van der Waals surface area contributed by atoms with Crippen molar-refractivity contribution in [3.05, 3.63) is 0 Å². The first-order valence-electron chi connectivity index (χ1n) is 5.77. The summed E-state index contributed by atoms with van der Waals surface area (Å²) in [5, 5.41) is 0. The van der Waals surface area contributed by atoms with Gasteiger partial charge in [0.1, 0.15) is 5.54 Å². The van der Waals surface area contributed by atoms with Crippen LogP contribution in [0.25, 0.3) is 0 Å². The number of hydrogen-bond donors (Lipinski definition) is 1. The predicted molar refractivity (Wildman–Crippen MR) is 57.4 cm³/mol. The molecule has 0 aliphatic carbocycles. The van der Waals surface area contributed by atoms with Crippen molar-refractivity contribution in [2.24, 2.45) is 5.73 Å². The van der Waals surface area contributed by atoms with Gasteiger partial charge in [-0.2, -0.15) is 0 Å². The van der Waals surface area contributed by atoms with Crippen molar-refractivity contribution in [1.29, 1.82) is 0 Å². The van der Waals surface area contributed by atoms with Crippen LogP contribution in [0, 0.1) is 0 Å². The molecule has 2 aliphatic heterocycles. The fraction of sp³-hybridized carbons (Fsp3) is 0.909. The third kappa shape index (κ3) is 2.01. The molecule has 0 spiro atoms. The highest BCUT2D eigenvalue weighted by atomic mass is 16.5. The number of esters is 1. The first-order valence-corrected chi connectivity index (χ1v) is 5.77. The lowest BCUT2D eigenvalue weighted by Gasteiger charge is -2.21. The number of carbonyl (C=O) groups is 1. The maximum atomic E-state index is 11.6. The molecule has 86 valence electrons. The SMILES string of the molecule is COC(=O)C1(N)CC2CCCCCN2C1. The van der Waals surface area contributed by atoms with Crippen LogP contribution in [0.3, 0.4) is 0 Å². The summed E-state index contributed by atoms with van der Waals surface area (Å²) in [5.41, 5.74) is 5.35. The fourth-order valence-electron chi connectivity index (χ4n) is 2.87. The molecule has 4 nitrogen and oxygen atoms in total. The average molecular weight is 212 g/mol. The van der Waals surface area contributed by atoms with Crippen LogP contribution in [0.5, 0.6) is 0 Å². The molecule has 2 rings (SSSR count). The minimum Gasteiger partial charge on any atom is -0.468 e. The van der Waals surface area contributed by atoms with Crippen LogP contribution in [0.4, 0.5) is 0 Å². The van der Waals surface area contributed by atoms with Crippen LogP contribution in [0.2, 0.25) is 0 Å². The van der Waals surface area contributed by atoms with Crippen molar-refractivity contribution < 1.29 is 9.53 Å². The predicted octanol–water partition coefficient (Wildman–Crippen LogP) is 0.505. The number of methoxy groups -OCH3 is 1. The molecule has 2 saturated heterocycles. The van der Waals surface area contributed by atoms with Gasteiger partial charge in [-0.15, -0.1) is 0 Å². The highest BCUT2D eigenvalue weighted by Gasteiger charge is 2.47. The van der Waals surface area contributed by atoms with Crippen LogP contribution in [-0.4, -0.2) is 42.6 Å². The van der Waals surface area contributed by atoms with E-state index in [1.54, 1.807) is 0 Å². The molecule has 2 aliphatic rings. The Kier molecular flexibility index (Phi) is 2.98. The van der Waals surface area contributed by atoms with E-state index in [1.807, 2.05) is 0 Å². The number of carbonyl (C=O) groups excluding carboxylic acids is 1. The third-order valence-electron chi connectivity index (χ3n) is 3.68. The molecule has 2 unspecified atom stereocenters. The molecular formula is C11H20N2O2. The molecule has 0 bridgehead atoms. The Balaban J connectivity index is 2.06. The first-order chi connectivity index (χ1) is 7.15. The van der Waals surface area contributed by atoms with Gasteiger partial charge in [0.2, 0.25) is 0 Å². The molecule has 4 heteroatoms. The summed E-state index contributed by atoms with van der Waals surface area (Å²) in [4.78, 5) is 14.0. The smallest absolute Gasteiger partial charge is 0.327 e. The largest absolute Gasteiger partial charge is 0.468 e. The molecule has 2 fully saturated rings. The average Bonchev–Trinajstić information content (AvgIpc) is 2.41. The Morgan fingerprint density at radius 2 is 2.27 bits per heavy atom. The van der Waals surface area contributed by atoms with E-state index in [0.717, 1.165) is 13.0 Å². The van der Waals surface area contributed by atoms with Crippen molar-refractivity contribution in [3.8, 4) is 0 Å². The summed E-state index contributed by atoms with van der Waals surface area (Å²) in [6, 6.07) is 0.497. The van der Waals surface area contributed by atoms with Crippen molar-refractivity contribution in [2.75, 3.05) is 20.2 Å². The second-order valence-electron chi connectivity index (χ2n) is 4.83. The molecule has 0 aromatic rings. The zero-order valence-electron chi connectivity index (χ0n) is 9.37. The third-order valence-corrected chi connectivity index (χ3v) is 3.68. The van der Waals surface area contributed by atoms with Gasteiger partial charge in [0.05, 0.1) is 7.11 Å². The highest BCUT2D eigenvalue weighted by Crippen LogP contribution is 2.31. The van der Waals surface area contributed by atoms with E-state index in [9.17, 15) is 4.79 Å². The molecule has 0 saturated carbocycles. The number of hydrogen-bond acceptors (Lipinski definition) is 4. The highest BCUT2D eigenvalue weighted by molar-refractivity contribution is 5.81. The van der Waals surface area contributed by atoms with Gasteiger partial charge in [0.25, 0.3) is 0 Å². The number of fused-ring (bicyclic) bond motifs is 1.